The van der Waals surface area contributed by atoms with Crippen LogP contribution in [0.5, 0.6) is 0 Å². The van der Waals surface area contributed by atoms with Crippen molar-refractivity contribution in [2.75, 3.05) is 59.1 Å². The number of rotatable bonds is 11. The van der Waals surface area contributed by atoms with Gasteiger partial charge in [-0.25, -0.2) is 8.42 Å². The fourth-order valence-corrected chi connectivity index (χ4v) is 4.10. The molecule has 1 aliphatic rings. The van der Waals surface area contributed by atoms with Crippen molar-refractivity contribution in [2.45, 2.75) is 4.90 Å². The van der Waals surface area contributed by atoms with Gasteiger partial charge >= 0.3 is 6.01 Å². The molecule has 174 valence electrons. The number of nitrogens with one attached hydrogen (secondary N) is 1. The number of nitrogens with zero attached hydrogens (tertiary/aromatic N) is 3. The summed E-state index contributed by atoms with van der Waals surface area (Å²) in [6.45, 7) is 1.60. The van der Waals surface area contributed by atoms with Gasteiger partial charge in [-0.2, -0.15) is 4.31 Å². The molecule has 0 aliphatic carbocycles. The molecule has 1 amide bonds. The lowest BCUT2D eigenvalue weighted by Gasteiger charge is -2.21. The first-order valence-electron chi connectivity index (χ1n) is 9.63. The Hall–Kier alpha value is -3.00. The molecule has 1 N–H and O–H groups in total. The van der Waals surface area contributed by atoms with E-state index in [1.807, 2.05) is 0 Å². The second kappa shape index (κ2) is 11.0. The second-order valence-corrected chi connectivity index (χ2v) is 8.42. The van der Waals surface area contributed by atoms with Gasteiger partial charge in [-0.1, -0.05) is 5.10 Å². The number of methoxy groups -OCH3 is 2. The molecule has 13 heteroatoms. The molecule has 0 spiro atoms. The van der Waals surface area contributed by atoms with Crippen molar-refractivity contribution in [3.8, 4) is 0 Å². The molecule has 1 aliphatic heterocycles. The van der Waals surface area contributed by atoms with Crippen LogP contribution < -0.4 is 5.32 Å². The molecule has 32 heavy (non-hydrogen) atoms. The van der Waals surface area contributed by atoms with Gasteiger partial charge < -0.3 is 23.4 Å². The monoisotopic (exact) mass is 468 g/mol. The molecular formula is C19H24N4O8S. The maximum atomic E-state index is 12.9. The van der Waals surface area contributed by atoms with Crippen LogP contribution in [0.25, 0.3) is 5.76 Å². The number of hydrogen-bond acceptors (Lipinski definition) is 10. The predicted octanol–water partition coefficient (Wildman–Crippen LogP) is 0.951. The van der Waals surface area contributed by atoms with Crippen LogP contribution in [0.2, 0.25) is 0 Å². The molecule has 0 atom stereocenters. The van der Waals surface area contributed by atoms with Gasteiger partial charge in [-0.3, -0.25) is 10.1 Å². The van der Waals surface area contributed by atoms with Gasteiger partial charge in [0.2, 0.25) is 15.8 Å². The van der Waals surface area contributed by atoms with Crippen molar-refractivity contribution >= 4 is 27.7 Å². The Labute approximate surface area is 185 Å². The van der Waals surface area contributed by atoms with Gasteiger partial charge in [-0.15, -0.1) is 5.10 Å². The highest BCUT2D eigenvalue weighted by atomic mass is 32.2. The van der Waals surface area contributed by atoms with Crippen LogP contribution in [0.3, 0.4) is 0 Å². The first-order chi connectivity index (χ1) is 15.5. The van der Waals surface area contributed by atoms with Crippen LogP contribution >= 0.6 is 0 Å². The minimum Gasteiger partial charge on any atom is -0.494 e. The summed E-state index contributed by atoms with van der Waals surface area (Å²) in [6, 6.07) is 5.36. The molecule has 1 aromatic carbocycles. The molecule has 1 aromatic heterocycles. The van der Waals surface area contributed by atoms with E-state index in [0.29, 0.717) is 13.2 Å². The fourth-order valence-electron chi connectivity index (χ4n) is 2.69. The Morgan fingerprint density at radius 2 is 1.78 bits per heavy atom. The number of amides is 1. The van der Waals surface area contributed by atoms with E-state index in [2.05, 4.69) is 15.5 Å². The van der Waals surface area contributed by atoms with Gasteiger partial charge in [0.05, 0.1) is 18.1 Å². The zero-order valence-corrected chi connectivity index (χ0v) is 18.5. The van der Waals surface area contributed by atoms with Gasteiger partial charge in [0.25, 0.3) is 11.8 Å². The maximum absolute atomic E-state index is 12.9. The summed E-state index contributed by atoms with van der Waals surface area (Å²) in [5, 5.41) is 9.99. The Morgan fingerprint density at radius 1 is 1.09 bits per heavy atom. The van der Waals surface area contributed by atoms with Crippen molar-refractivity contribution < 1.29 is 36.6 Å². The number of sulfonamides is 1. The average Bonchev–Trinajstić information content (AvgIpc) is 3.28. The average molecular weight is 468 g/mol. The summed E-state index contributed by atoms with van der Waals surface area (Å²) in [4.78, 5) is 12.5. The summed E-state index contributed by atoms with van der Waals surface area (Å²) >= 11 is 0. The highest BCUT2D eigenvalue weighted by Crippen LogP contribution is 2.20. The zero-order chi connectivity index (χ0) is 23.0. The molecule has 0 unspecified atom stereocenters. The van der Waals surface area contributed by atoms with E-state index in [1.165, 1.54) is 49.1 Å². The Kier molecular flexibility index (Phi) is 8.16. The van der Waals surface area contributed by atoms with E-state index in [0.717, 1.165) is 0 Å². The van der Waals surface area contributed by atoms with Crippen molar-refractivity contribution in [2.24, 2.45) is 0 Å². The van der Waals surface area contributed by atoms with Crippen LogP contribution in [-0.2, 0) is 29.0 Å². The minimum atomic E-state index is -3.79. The third kappa shape index (κ3) is 5.82. The molecular weight excluding hydrogens is 444 g/mol. The maximum Gasteiger partial charge on any atom is 0.322 e. The first-order valence-corrected chi connectivity index (χ1v) is 11.1. The molecule has 0 saturated heterocycles. The highest BCUT2D eigenvalue weighted by Gasteiger charge is 2.24. The number of anilines is 1. The number of aromatic nitrogens is 2. The molecule has 12 nitrogen and oxygen atoms in total. The molecule has 0 fully saturated rings. The van der Waals surface area contributed by atoms with E-state index in [1.54, 1.807) is 0 Å². The molecule has 3 rings (SSSR count). The number of carbonyl (C=O) groups excluding carboxylic acids is 1. The zero-order valence-electron chi connectivity index (χ0n) is 17.6. The third-order valence-corrected chi connectivity index (χ3v) is 6.26. The van der Waals surface area contributed by atoms with Crippen LogP contribution in [0.4, 0.5) is 6.01 Å². The first kappa shape index (κ1) is 23.7. The fraction of sp³-hybridized carbons (Fsp3) is 0.421. The normalized spacial score (nSPS) is 13.9. The van der Waals surface area contributed by atoms with Crippen LogP contribution in [-0.4, -0.2) is 82.6 Å². The van der Waals surface area contributed by atoms with E-state index < -0.39 is 15.9 Å². The van der Waals surface area contributed by atoms with Gasteiger partial charge in [0, 0.05) is 32.9 Å². The van der Waals surface area contributed by atoms with Gasteiger partial charge in [0.15, 0.2) is 0 Å². The minimum absolute atomic E-state index is 0.0442. The Balaban J connectivity index is 1.68. The van der Waals surface area contributed by atoms with Gasteiger partial charge in [0.1, 0.15) is 19.5 Å². The standard InChI is InChI=1S/C19H24N4O8S/c1-27-9-7-23(8-10-28-2)32(25,26)15-5-3-14(4-6-15)17(24)20-19-22-21-18(31-19)16-13-29-11-12-30-16/h3-6,13H,7-12H2,1-2H3,(H,20,22,24). The summed E-state index contributed by atoms with van der Waals surface area (Å²) in [5.41, 5.74) is 0.209. The van der Waals surface area contributed by atoms with Crippen molar-refractivity contribution in [3.05, 3.63) is 42.0 Å². The molecule has 0 radical (unpaired) electrons. The van der Waals surface area contributed by atoms with Crippen molar-refractivity contribution in [3.63, 3.8) is 0 Å². The summed E-state index contributed by atoms with van der Waals surface area (Å²) in [7, 11) is -0.800. The molecule has 0 bridgehead atoms. The van der Waals surface area contributed by atoms with Crippen LogP contribution in [0.1, 0.15) is 16.2 Å². The van der Waals surface area contributed by atoms with Crippen LogP contribution in [0.15, 0.2) is 39.8 Å². The van der Waals surface area contributed by atoms with E-state index >= 15 is 0 Å². The Bertz CT molecular complexity index is 1030. The van der Waals surface area contributed by atoms with Crippen molar-refractivity contribution in [1.82, 2.24) is 14.5 Å². The largest absolute Gasteiger partial charge is 0.494 e. The van der Waals surface area contributed by atoms with E-state index in [4.69, 9.17) is 23.4 Å². The second-order valence-electron chi connectivity index (χ2n) is 6.48. The molecule has 2 heterocycles. The smallest absolute Gasteiger partial charge is 0.322 e. The highest BCUT2D eigenvalue weighted by molar-refractivity contribution is 7.89. The van der Waals surface area contributed by atoms with Gasteiger partial charge in [-0.05, 0) is 24.3 Å². The van der Waals surface area contributed by atoms with Crippen molar-refractivity contribution in [1.29, 1.82) is 0 Å². The lowest BCUT2D eigenvalue weighted by Crippen LogP contribution is -2.36. The quantitative estimate of drug-likeness (QED) is 0.506. The van der Waals surface area contributed by atoms with Crippen LogP contribution in [0, 0.1) is 0 Å². The lowest BCUT2D eigenvalue weighted by atomic mass is 10.2. The van der Waals surface area contributed by atoms with E-state index in [-0.39, 0.29) is 54.4 Å². The number of benzene rings is 1. The summed E-state index contributed by atoms with van der Waals surface area (Å²) < 4.78 is 52.9. The predicted molar refractivity (Wildman–Crippen MR) is 111 cm³/mol. The Morgan fingerprint density at radius 3 is 2.38 bits per heavy atom. The third-order valence-electron chi connectivity index (χ3n) is 4.35. The summed E-state index contributed by atoms with van der Waals surface area (Å²) in [6.07, 6.45) is 1.35. The SMILES string of the molecule is COCCN(CCOC)S(=O)(=O)c1ccc(C(=O)Nc2nnc(C3=COCCO3)o2)cc1. The molecule has 0 saturated carbocycles. The number of ether oxygens (including phenoxy) is 4. The number of carbonyl (C=O) groups is 1. The van der Waals surface area contributed by atoms with E-state index in [9.17, 15) is 13.2 Å². The topological polar surface area (TPSA) is 142 Å². The summed E-state index contributed by atoms with van der Waals surface area (Å²) in [5.74, 6) is -0.214. The lowest BCUT2D eigenvalue weighted by molar-refractivity contribution is 0.102. The number of hydrogen-bond donors (Lipinski definition) is 1. The molecule has 2 aromatic rings.